The number of nitriles is 1. The molecule has 0 aliphatic heterocycles. The molecule has 0 spiro atoms. The summed E-state index contributed by atoms with van der Waals surface area (Å²) >= 11 is 0. The van der Waals surface area contributed by atoms with E-state index in [9.17, 15) is 5.26 Å². The zero-order valence-corrected chi connectivity index (χ0v) is 13.4. The molecular weight excluding hydrogens is 314 g/mol. The second-order valence-corrected chi connectivity index (χ2v) is 5.40. The fraction of sp³-hybridized carbons (Fsp3) is 0.0526. The van der Waals surface area contributed by atoms with Crippen molar-refractivity contribution < 1.29 is 4.74 Å². The number of aromatic nitrogens is 4. The normalized spacial score (nSPS) is 10.6. The minimum absolute atomic E-state index is 0.536. The third kappa shape index (κ3) is 2.58. The van der Waals surface area contributed by atoms with Crippen LogP contribution in [0, 0.1) is 11.3 Å². The van der Waals surface area contributed by atoms with Gasteiger partial charge in [-0.2, -0.15) is 14.9 Å². The third-order valence-corrected chi connectivity index (χ3v) is 3.94. The molecule has 4 rings (SSSR count). The molecule has 0 bridgehead atoms. The Kier molecular flexibility index (Phi) is 3.60. The molecule has 0 saturated heterocycles. The van der Waals surface area contributed by atoms with Crippen LogP contribution in [0.25, 0.3) is 28.3 Å². The molecule has 0 aliphatic rings. The van der Waals surface area contributed by atoms with Gasteiger partial charge in [-0.1, -0.05) is 12.1 Å². The van der Waals surface area contributed by atoms with E-state index >= 15 is 0 Å². The van der Waals surface area contributed by atoms with Gasteiger partial charge >= 0.3 is 0 Å². The predicted octanol–water partition coefficient (Wildman–Crippen LogP) is 3.34. The van der Waals surface area contributed by atoms with Gasteiger partial charge in [0.05, 0.1) is 24.4 Å². The monoisotopic (exact) mass is 327 g/mol. The molecule has 0 amide bonds. The van der Waals surface area contributed by atoms with Crippen molar-refractivity contribution in [3.8, 4) is 34.5 Å². The van der Waals surface area contributed by atoms with E-state index in [-0.39, 0.29) is 0 Å². The van der Waals surface area contributed by atoms with E-state index in [0.29, 0.717) is 22.6 Å². The fourth-order valence-electron chi connectivity index (χ4n) is 2.65. The standard InChI is InChI=1S/C19H13N5O/c1-25-15-8-6-13(7-9-15)17-10-11-18-21-22-19(24(18)23-17)16-5-3-2-4-14(16)12-20/h2-11H,1H3. The Balaban J connectivity index is 1.86. The highest BCUT2D eigenvalue weighted by Gasteiger charge is 2.13. The van der Waals surface area contributed by atoms with E-state index in [0.717, 1.165) is 17.0 Å². The first-order valence-electron chi connectivity index (χ1n) is 7.66. The van der Waals surface area contributed by atoms with Crippen LogP contribution in [-0.2, 0) is 0 Å². The van der Waals surface area contributed by atoms with Gasteiger partial charge in [0.15, 0.2) is 11.5 Å². The van der Waals surface area contributed by atoms with E-state index in [2.05, 4.69) is 21.4 Å². The van der Waals surface area contributed by atoms with E-state index in [1.165, 1.54) is 0 Å². The molecule has 120 valence electrons. The lowest BCUT2D eigenvalue weighted by Crippen LogP contribution is -1.98. The van der Waals surface area contributed by atoms with Crippen molar-refractivity contribution in [3.05, 3.63) is 66.2 Å². The summed E-state index contributed by atoms with van der Waals surface area (Å²) in [5.74, 6) is 1.33. The molecule has 2 aromatic carbocycles. The molecule has 0 aliphatic carbocycles. The van der Waals surface area contributed by atoms with Crippen molar-refractivity contribution in [1.29, 1.82) is 5.26 Å². The largest absolute Gasteiger partial charge is 0.497 e. The van der Waals surface area contributed by atoms with Crippen molar-refractivity contribution in [2.75, 3.05) is 7.11 Å². The number of nitrogens with zero attached hydrogens (tertiary/aromatic N) is 5. The van der Waals surface area contributed by atoms with Crippen molar-refractivity contribution in [2.24, 2.45) is 0 Å². The van der Waals surface area contributed by atoms with E-state index in [1.54, 1.807) is 17.7 Å². The van der Waals surface area contributed by atoms with Crippen LogP contribution in [0.1, 0.15) is 5.56 Å². The third-order valence-electron chi connectivity index (χ3n) is 3.94. The lowest BCUT2D eigenvalue weighted by molar-refractivity contribution is 0.415. The highest BCUT2D eigenvalue weighted by molar-refractivity contribution is 5.68. The van der Waals surface area contributed by atoms with Crippen LogP contribution >= 0.6 is 0 Å². The predicted molar refractivity (Wildman–Crippen MR) is 92.9 cm³/mol. The molecule has 2 heterocycles. The van der Waals surface area contributed by atoms with Crippen LogP contribution in [0.3, 0.4) is 0 Å². The summed E-state index contributed by atoms with van der Waals surface area (Å²) in [7, 11) is 1.63. The van der Waals surface area contributed by atoms with Crippen LogP contribution in [0.4, 0.5) is 0 Å². The van der Waals surface area contributed by atoms with Gasteiger partial charge < -0.3 is 4.74 Å². The minimum atomic E-state index is 0.536. The molecule has 6 heteroatoms. The van der Waals surface area contributed by atoms with Crippen LogP contribution in [0.15, 0.2) is 60.7 Å². The molecule has 2 aromatic heterocycles. The second-order valence-electron chi connectivity index (χ2n) is 5.40. The van der Waals surface area contributed by atoms with Crippen molar-refractivity contribution in [1.82, 2.24) is 19.8 Å². The lowest BCUT2D eigenvalue weighted by atomic mass is 10.1. The van der Waals surface area contributed by atoms with Gasteiger partial charge in [0.2, 0.25) is 0 Å². The molecule has 0 fully saturated rings. The van der Waals surface area contributed by atoms with E-state index in [1.807, 2.05) is 54.6 Å². The van der Waals surface area contributed by atoms with Crippen LogP contribution in [-0.4, -0.2) is 26.9 Å². The Hall–Kier alpha value is -3.72. The summed E-state index contributed by atoms with van der Waals surface area (Å²) in [6.45, 7) is 0. The average Bonchev–Trinajstić information content (AvgIpc) is 3.11. The number of rotatable bonds is 3. The molecule has 4 aromatic rings. The minimum Gasteiger partial charge on any atom is -0.497 e. The first kappa shape index (κ1) is 14.8. The van der Waals surface area contributed by atoms with E-state index in [4.69, 9.17) is 4.74 Å². The van der Waals surface area contributed by atoms with Gasteiger partial charge in [0, 0.05) is 11.1 Å². The Labute approximate surface area is 143 Å². The Morgan fingerprint density at radius 1 is 0.960 bits per heavy atom. The Morgan fingerprint density at radius 3 is 2.52 bits per heavy atom. The number of benzene rings is 2. The van der Waals surface area contributed by atoms with Gasteiger partial charge in [-0.3, -0.25) is 0 Å². The van der Waals surface area contributed by atoms with Gasteiger partial charge in [0.25, 0.3) is 0 Å². The van der Waals surface area contributed by atoms with Gasteiger partial charge in [-0.15, -0.1) is 10.2 Å². The number of fused-ring (bicyclic) bond motifs is 1. The smallest absolute Gasteiger partial charge is 0.186 e. The zero-order chi connectivity index (χ0) is 17.2. The maximum absolute atomic E-state index is 9.33. The lowest BCUT2D eigenvalue weighted by Gasteiger charge is -2.05. The molecule has 25 heavy (non-hydrogen) atoms. The summed E-state index contributed by atoms with van der Waals surface area (Å²) in [4.78, 5) is 0. The molecule has 0 N–H and O–H groups in total. The molecule has 6 nitrogen and oxygen atoms in total. The molecular formula is C19H13N5O. The molecule has 0 saturated carbocycles. The highest BCUT2D eigenvalue weighted by atomic mass is 16.5. The van der Waals surface area contributed by atoms with Crippen LogP contribution < -0.4 is 4.74 Å². The summed E-state index contributed by atoms with van der Waals surface area (Å²) in [6, 6.07) is 20.9. The van der Waals surface area contributed by atoms with Gasteiger partial charge in [-0.25, -0.2) is 0 Å². The molecule has 0 unspecified atom stereocenters. The summed E-state index contributed by atoms with van der Waals surface area (Å²) in [6.07, 6.45) is 0. The molecule has 0 radical (unpaired) electrons. The van der Waals surface area contributed by atoms with Crippen LogP contribution in [0.2, 0.25) is 0 Å². The second kappa shape index (κ2) is 6.06. The Bertz CT molecular complexity index is 1090. The summed E-state index contributed by atoms with van der Waals surface area (Å²) < 4.78 is 6.85. The topological polar surface area (TPSA) is 76.1 Å². The fourth-order valence-corrected chi connectivity index (χ4v) is 2.65. The number of hydrogen-bond donors (Lipinski definition) is 0. The van der Waals surface area contributed by atoms with Crippen molar-refractivity contribution >= 4 is 5.65 Å². The number of hydrogen-bond acceptors (Lipinski definition) is 5. The SMILES string of the molecule is COc1ccc(-c2ccc3nnc(-c4ccccc4C#N)n3n2)cc1. The maximum Gasteiger partial charge on any atom is 0.186 e. The maximum atomic E-state index is 9.33. The van der Waals surface area contributed by atoms with Crippen molar-refractivity contribution in [2.45, 2.75) is 0 Å². The van der Waals surface area contributed by atoms with Gasteiger partial charge in [0.1, 0.15) is 5.75 Å². The quantitative estimate of drug-likeness (QED) is 0.577. The summed E-state index contributed by atoms with van der Waals surface area (Å²) in [5.41, 5.74) is 3.60. The molecule has 0 atom stereocenters. The average molecular weight is 327 g/mol. The Morgan fingerprint density at radius 2 is 1.76 bits per heavy atom. The first-order chi connectivity index (χ1) is 12.3. The zero-order valence-electron chi connectivity index (χ0n) is 13.4. The number of ether oxygens (including phenoxy) is 1. The van der Waals surface area contributed by atoms with Gasteiger partial charge in [-0.05, 0) is 48.5 Å². The van der Waals surface area contributed by atoms with Crippen LogP contribution in [0.5, 0.6) is 5.75 Å². The first-order valence-corrected chi connectivity index (χ1v) is 7.66. The number of methoxy groups -OCH3 is 1. The summed E-state index contributed by atoms with van der Waals surface area (Å²) in [5, 5.41) is 22.4. The van der Waals surface area contributed by atoms with E-state index < -0.39 is 0 Å². The van der Waals surface area contributed by atoms with Crippen molar-refractivity contribution in [3.63, 3.8) is 0 Å². The highest BCUT2D eigenvalue weighted by Crippen LogP contribution is 2.24.